The molecule has 6 heteroatoms. The highest BCUT2D eigenvalue weighted by Gasteiger charge is 2.10. The third-order valence-corrected chi connectivity index (χ3v) is 3.94. The van der Waals surface area contributed by atoms with E-state index in [1.54, 1.807) is 13.2 Å². The van der Waals surface area contributed by atoms with Crippen molar-refractivity contribution in [2.75, 3.05) is 24.4 Å². The molecule has 0 heterocycles. The van der Waals surface area contributed by atoms with Gasteiger partial charge in [-0.05, 0) is 42.3 Å². The molecular weight excluding hydrogens is 344 g/mol. The number of rotatable bonds is 8. The maximum absolute atomic E-state index is 12.2. The van der Waals surface area contributed by atoms with Crippen LogP contribution in [0.3, 0.4) is 0 Å². The van der Waals surface area contributed by atoms with Crippen molar-refractivity contribution in [3.8, 4) is 5.75 Å². The summed E-state index contributed by atoms with van der Waals surface area (Å²) in [5.41, 5.74) is 3.12. The van der Waals surface area contributed by atoms with Crippen LogP contribution >= 0.6 is 0 Å². The van der Waals surface area contributed by atoms with E-state index in [0.717, 1.165) is 16.9 Å². The molecular formula is C21H26N2O4. The highest BCUT2D eigenvalue weighted by molar-refractivity contribution is 5.95. The molecule has 0 fully saturated rings. The van der Waals surface area contributed by atoms with Gasteiger partial charge in [0.2, 0.25) is 11.8 Å². The van der Waals surface area contributed by atoms with Gasteiger partial charge in [0.25, 0.3) is 0 Å². The second-order valence-corrected chi connectivity index (χ2v) is 6.57. The maximum Gasteiger partial charge on any atom is 0.250 e. The first-order valence-electron chi connectivity index (χ1n) is 8.81. The smallest absolute Gasteiger partial charge is 0.250 e. The van der Waals surface area contributed by atoms with Gasteiger partial charge in [-0.15, -0.1) is 0 Å². The van der Waals surface area contributed by atoms with Gasteiger partial charge in [0, 0.05) is 17.3 Å². The van der Waals surface area contributed by atoms with Crippen molar-refractivity contribution in [1.29, 1.82) is 0 Å². The van der Waals surface area contributed by atoms with E-state index >= 15 is 0 Å². The molecule has 2 aromatic rings. The largest absolute Gasteiger partial charge is 0.497 e. The normalized spacial score (nSPS) is 10.6. The van der Waals surface area contributed by atoms with Crippen LogP contribution in [0, 0.1) is 12.8 Å². The van der Waals surface area contributed by atoms with Gasteiger partial charge >= 0.3 is 0 Å². The number of hydrogen-bond donors (Lipinski definition) is 2. The molecule has 0 aliphatic carbocycles. The Morgan fingerprint density at radius 3 is 2.56 bits per heavy atom. The summed E-state index contributed by atoms with van der Waals surface area (Å²) < 4.78 is 10.6. The standard InChI is InChI=1S/C21H26N2O4/c1-14(2)21(25)22-17-9-8-15(3)19(11-17)23-20(24)13-27-12-16-6-5-7-18(10-16)26-4/h5-11,14H,12-13H2,1-4H3,(H,22,25)(H,23,24). The molecule has 2 N–H and O–H groups in total. The highest BCUT2D eigenvalue weighted by Crippen LogP contribution is 2.21. The van der Waals surface area contributed by atoms with Crippen molar-refractivity contribution in [1.82, 2.24) is 0 Å². The minimum absolute atomic E-state index is 0.0702. The van der Waals surface area contributed by atoms with E-state index in [-0.39, 0.29) is 24.3 Å². The summed E-state index contributed by atoms with van der Waals surface area (Å²) in [6.07, 6.45) is 0. The van der Waals surface area contributed by atoms with Crippen molar-refractivity contribution < 1.29 is 19.1 Å². The Balaban J connectivity index is 1.90. The summed E-state index contributed by atoms with van der Waals surface area (Å²) in [5.74, 6) is 0.303. The topological polar surface area (TPSA) is 76.7 Å². The molecule has 0 saturated heterocycles. The quantitative estimate of drug-likeness (QED) is 0.742. The average molecular weight is 370 g/mol. The Hall–Kier alpha value is -2.86. The SMILES string of the molecule is COc1cccc(COCC(=O)Nc2cc(NC(=O)C(C)C)ccc2C)c1. The highest BCUT2D eigenvalue weighted by atomic mass is 16.5. The Bertz CT molecular complexity index is 803. The lowest BCUT2D eigenvalue weighted by atomic mass is 10.1. The fourth-order valence-corrected chi connectivity index (χ4v) is 2.33. The van der Waals surface area contributed by atoms with Gasteiger partial charge in [-0.1, -0.05) is 32.0 Å². The third kappa shape index (κ3) is 6.42. The molecule has 0 unspecified atom stereocenters. The zero-order valence-electron chi connectivity index (χ0n) is 16.2. The van der Waals surface area contributed by atoms with E-state index in [1.165, 1.54) is 0 Å². The monoisotopic (exact) mass is 370 g/mol. The first kappa shape index (κ1) is 20.5. The Labute approximate surface area is 159 Å². The van der Waals surface area contributed by atoms with Crippen LogP contribution in [0.1, 0.15) is 25.0 Å². The van der Waals surface area contributed by atoms with Crippen LogP contribution in [-0.4, -0.2) is 25.5 Å². The predicted octanol–water partition coefficient (Wildman–Crippen LogP) is 3.75. The Morgan fingerprint density at radius 1 is 1.07 bits per heavy atom. The van der Waals surface area contributed by atoms with Crippen LogP contribution < -0.4 is 15.4 Å². The molecule has 0 aliphatic rings. The molecule has 2 amide bonds. The molecule has 0 aromatic heterocycles. The summed E-state index contributed by atoms with van der Waals surface area (Å²) in [6, 6.07) is 12.9. The van der Waals surface area contributed by atoms with Crippen LogP contribution in [0.5, 0.6) is 5.75 Å². The molecule has 0 radical (unpaired) electrons. The number of carbonyl (C=O) groups excluding carboxylic acids is 2. The molecule has 0 aliphatic heterocycles. The second-order valence-electron chi connectivity index (χ2n) is 6.57. The number of hydrogen-bond acceptors (Lipinski definition) is 4. The lowest BCUT2D eigenvalue weighted by Gasteiger charge is -2.13. The number of anilines is 2. The van der Waals surface area contributed by atoms with Crippen LogP contribution in [0.4, 0.5) is 11.4 Å². The molecule has 0 saturated carbocycles. The molecule has 0 spiro atoms. The average Bonchev–Trinajstić information content (AvgIpc) is 2.64. The van der Waals surface area contributed by atoms with Crippen LogP contribution in [0.25, 0.3) is 0 Å². The van der Waals surface area contributed by atoms with Crippen molar-refractivity contribution in [3.05, 3.63) is 53.6 Å². The van der Waals surface area contributed by atoms with Gasteiger partial charge in [0.1, 0.15) is 12.4 Å². The number of ether oxygens (including phenoxy) is 2. The minimum Gasteiger partial charge on any atom is -0.497 e. The summed E-state index contributed by atoms with van der Waals surface area (Å²) >= 11 is 0. The van der Waals surface area contributed by atoms with Gasteiger partial charge in [-0.2, -0.15) is 0 Å². The van der Waals surface area contributed by atoms with E-state index in [0.29, 0.717) is 18.0 Å². The predicted molar refractivity (Wildman–Crippen MR) is 106 cm³/mol. The van der Waals surface area contributed by atoms with Gasteiger partial charge < -0.3 is 20.1 Å². The lowest BCUT2D eigenvalue weighted by molar-refractivity contribution is -0.121. The number of benzene rings is 2. The van der Waals surface area contributed by atoms with Crippen molar-refractivity contribution in [2.24, 2.45) is 5.92 Å². The molecule has 2 rings (SSSR count). The van der Waals surface area contributed by atoms with E-state index in [9.17, 15) is 9.59 Å². The number of carbonyl (C=O) groups is 2. The summed E-state index contributed by atoms with van der Waals surface area (Å²) in [7, 11) is 1.60. The van der Waals surface area contributed by atoms with E-state index < -0.39 is 0 Å². The minimum atomic E-state index is -0.256. The second kappa shape index (κ2) is 9.73. The van der Waals surface area contributed by atoms with Gasteiger partial charge in [0.05, 0.1) is 13.7 Å². The Kier molecular flexibility index (Phi) is 7.37. The molecule has 27 heavy (non-hydrogen) atoms. The number of nitrogens with one attached hydrogen (secondary N) is 2. The lowest BCUT2D eigenvalue weighted by Crippen LogP contribution is -2.20. The van der Waals surface area contributed by atoms with Gasteiger partial charge in [0.15, 0.2) is 0 Å². The number of amides is 2. The fraction of sp³-hybridized carbons (Fsp3) is 0.333. The molecule has 0 atom stereocenters. The number of aryl methyl sites for hydroxylation is 1. The van der Waals surface area contributed by atoms with Crippen LogP contribution in [0.15, 0.2) is 42.5 Å². The van der Waals surface area contributed by atoms with Crippen molar-refractivity contribution >= 4 is 23.2 Å². The summed E-state index contributed by atoms with van der Waals surface area (Å²) in [5, 5.41) is 5.65. The van der Waals surface area contributed by atoms with Crippen LogP contribution in [0.2, 0.25) is 0 Å². The first-order chi connectivity index (χ1) is 12.9. The molecule has 0 bridgehead atoms. The first-order valence-corrected chi connectivity index (χ1v) is 8.81. The fourth-order valence-electron chi connectivity index (χ4n) is 2.33. The van der Waals surface area contributed by atoms with Crippen molar-refractivity contribution in [2.45, 2.75) is 27.4 Å². The van der Waals surface area contributed by atoms with E-state index in [1.807, 2.05) is 57.2 Å². The summed E-state index contributed by atoms with van der Waals surface area (Å²) in [4.78, 5) is 24.0. The van der Waals surface area contributed by atoms with Crippen molar-refractivity contribution in [3.63, 3.8) is 0 Å². The third-order valence-electron chi connectivity index (χ3n) is 3.94. The zero-order valence-corrected chi connectivity index (χ0v) is 16.2. The zero-order chi connectivity index (χ0) is 19.8. The molecule has 144 valence electrons. The van der Waals surface area contributed by atoms with Crippen LogP contribution in [-0.2, 0) is 20.9 Å². The molecule has 6 nitrogen and oxygen atoms in total. The summed E-state index contributed by atoms with van der Waals surface area (Å²) in [6.45, 7) is 5.78. The number of methoxy groups -OCH3 is 1. The van der Waals surface area contributed by atoms with Gasteiger partial charge in [-0.25, -0.2) is 0 Å². The molecule has 2 aromatic carbocycles. The van der Waals surface area contributed by atoms with E-state index in [2.05, 4.69) is 10.6 Å². The van der Waals surface area contributed by atoms with E-state index in [4.69, 9.17) is 9.47 Å². The Morgan fingerprint density at radius 2 is 1.85 bits per heavy atom. The van der Waals surface area contributed by atoms with Gasteiger partial charge in [-0.3, -0.25) is 9.59 Å². The maximum atomic E-state index is 12.2.